The summed E-state index contributed by atoms with van der Waals surface area (Å²) in [5, 5.41) is 22.7. The number of carbonyl (C=O) groups is 6. The highest BCUT2D eigenvalue weighted by Crippen LogP contribution is 2.50. The summed E-state index contributed by atoms with van der Waals surface area (Å²) in [6.45, 7) is 6.63. The summed E-state index contributed by atoms with van der Waals surface area (Å²) in [5.41, 5.74) is 8.49. The van der Waals surface area contributed by atoms with Crippen LogP contribution in [0, 0.1) is 5.92 Å². The van der Waals surface area contributed by atoms with Gasteiger partial charge in [-0.15, -0.1) is 0 Å². The van der Waals surface area contributed by atoms with Gasteiger partial charge in [0.2, 0.25) is 17.7 Å². The predicted molar refractivity (Wildman–Crippen MR) is 195 cm³/mol. The number of nitrogens with zero attached hydrogens (tertiary/aromatic N) is 5. The maximum Gasteiger partial charge on any atom is 0.261 e. The molecule has 0 aliphatic carbocycles. The number of benzene rings is 1. The average Bonchev–Trinajstić information content (AvgIpc) is 3.62. The lowest BCUT2D eigenvalue weighted by molar-refractivity contribution is -0.165. The second-order valence-corrected chi connectivity index (χ2v) is 16.2. The molecule has 6 aliphatic heterocycles. The van der Waals surface area contributed by atoms with Crippen LogP contribution in [-0.2, 0) is 34.4 Å². The van der Waals surface area contributed by atoms with E-state index in [1.807, 2.05) is 13.8 Å². The number of hydrazine groups is 3. The van der Waals surface area contributed by atoms with E-state index in [1.165, 1.54) is 31.9 Å². The monoisotopic (exact) mass is 770 g/mol. The molecule has 8 atom stereocenters. The third-order valence-corrected chi connectivity index (χ3v) is 12.0. The van der Waals surface area contributed by atoms with Crippen molar-refractivity contribution in [1.29, 1.82) is 0 Å². The van der Waals surface area contributed by atoms with Crippen LogP contribution in [0.3, 0.4) is 0 Å². The Kier molecular flexibility index (Phi) is 10.6. The first kappa shape index (κ1) is 38.3. The summed E-state index contributed by atoms with van der Waals surface area (Å²) in [6.07, 6.45) is 1.55. The van der Waals surface area contributed by atoms with E-state index in [0.29, 0.717) is 68.0 Å². The van der Waals surface area contributed by atoms with Crippen molar-refractivity contribution in [3.8, 4) is 0 Å². The molecule has 0 saturated carbocycles. The van der Waals surface area contributed by atoms with Gasteiger partial charge in [0.25, 0.3) is 17.7 Å². The molecule has 5 fully saturated rings. The molecule has 18 heteroatoms. The fourth-order valence-electron chi connectivity index (χ4n) is 8.87. The third-order valence-electron chi connectivity index (χ3n) is 11.8. The fourth-order valence-corrected chi connectivity index (χ4v) is 9.05. The molecule has 0 radical (unpaired) electrons. The first-order valence-corrected chi connectivity index (χ1v) is 19.5. The van der Waals surface area contributed by atoms with E-state index in [2.05, 4.69) is 26.9 Å². The van der Waals surface area contributed by atoms with E-state index in [-0.39, 0.29) is 25.2 Å². The average molecular weight is 771 g/mol. The Morgan fingerprint density at radius 3 is 1.94 bits per heavy atom. The molecule has 0 bridgehead atoms. The first-order valence-electron chi connectivity index (χ1n) is 19.1. The maximum absolute atomic E-state index is 15.0. The van der Waals surface area contributed by atoms with Gasteiger partial charge >= 0.3 is 0 Å². The zero-order valence-electron chi connectivity index (χ0n) is 31.1. The van der Waals surface area contributed by atoms with Crippen LogP contribution in [0.4, 0.5) is 5.69 Å². The topological polar surface area (TPSA) is 199 Å². The summed E-state index contributed by atoms with van der Waals surface area (Å²) in [5.74, 6) is -3.29. The minimum Gasteiger partial charge on any atom is -0.381 e. The van der Waals surface area contributed by atoms with Crippen LogP contribution in [-0.4, -0.2) is 134 Å². The molecule has 0 aromatic heterocycles. The Morgan fingerprint density at radius 2 is 1.33 bits per heavy atom. The van der Waals surface area contributed by atoms with Gasteiger partial charge in [-0.05, 0) is 69.9 Å². The lowest BCUT2D eigenvalue weighted by Crippen LogP contribution is -2.69. The van der Waals surface area contributed by atoms with Gasteiger partial charge in [0.1, 0.15) is 48.0 Å². The molecule has 6 heterocycles. The lowest BCUT2D eigenvalue weighted by Gasteiger charge is -2.44. The molecule has 17 nitrogen and oxygen atoms in total. The molecular formula is C36H51ClN10O7. The number of hydrogen-bond acceptors (Lipinski definition) is 11. The van der Waals surface area contributed by atoms with Gasteiger partial charge in [0.15, 0.2) is 0 Å². The Hall–Kier alpha value is -4.03. The zero-order chi connectivity index (χ0) is 38.6. The zero-order valence-corrected chi connectivity index (χ0v) is 31.9. The molecule has 5 saturated heterocycles. The van der Waals surface area contributed by atoms with Gasteiger partial charge in [-0.2, -0.15) is 0 Å². The van der Waals surface area contributed by atoms with Gasteiger partial charge in [0, 0.05) is 49.4 Å². The van der Waals surface area contributed by atoms with E-state index in [9.17, 15) is 33.9 Å². The number of carbonyl (C=O) groups excluding carboxylic acids is 6. The Balaban J connectivity index is 1.32. The number of amides is 6. The fraction of sp³-hybridized carbons (Fsp3) is 0.667. The van der Waals surface area contributed by atoms with Gasteiger partial charge in [-0.3, -0.25) is 43.8 Å². The summed E-state index contributed by atoms with van der Waals surface area (Å²) >= 11 is 6.31. The number of nitrogens with one attached hydrogen (secondary N) is 5. The molecule has 54 heavy (non-hydrogen) atoms. The van der Waals surface area contributed by atoms with Crippen LogP contribution in [0.2, 0.25) is 5.02 Å². The highest BCUT2D eigenvalue weighted by Gasteiger charge is 2.62. The van der Waals surface area contributed by atoms with Crippen LogP contribution in [0.15, 0.2) is 18.2 Å². The van der Waals surface area contributed by atoms with Gasteiger partial charge < -0.3 is 25.5 Å². The van der Waals surface area contributed by atoms with E-state index in [1.54, 1.807) is 25.1 Å². The standard InChI is InChI=1S/C36H51ClN10O7/c1-19(2)16-24-31(50)46-27(10-7-14-39-46)34(53)47-25(8-5-15-40-47)32(51)43(4)20(3)30(49)45-26(9-6-13-38-45)33(52)44-28(29(48)41-24)18-36(54)22-12-11-21(37)17-23(22)42-35(36)44/h11-12,17,19-20,24-28,35,38-40,42,54H,5-10,13-16,18H2,1-4H3,(H,41,48)/t20-,24+,25-,26+,27+,28+,35-,36+/m0/s1. The molecule has 7 rings (SSSR count). The van der Waals surface area contributed by atoms with Crippen molar-refractivity contribution in [2.45, 2.75) is 120 Å². The van der Waals surface area contributed by atoms with E-state index >= 15 is 0 Å². The van der Waals surface area contributed by atoms with Gasteiger partial charge in [0.05, 0.1) is 0 Å². The minimum absolute atomic E-state index is 0.0598. The minimum atomic E-state index is -1.71. The number of rotatable bonds is 2. The van der Waals surface area contributed by atoms with E-state index in [4.69, 9.17) is 11.6 Å². The van der Waals surface area contributed by atoms with Crippen molar-refractivity contribution in [3.05, 3.63) is 28.8 Å². The lowest BCUT2D eigenvalue weighted by atomic mass is 9.91. The smallest absolute Gasteiger partial charge is 0.261 e. The van der Waals surface area contributed by atoms with Crippen molar-refractivity contribution in [2.75, 3.05) is 32.0 Å². The molecular weight excluding hydrogens is 720 g/mol. The predicted octanol–water partition coefficient (Wildman–Crippen LogP) is -0.242. The summed E-state index contributed by atoms with van der Waals surface area (Å²) < 4.78 is 0. The van der Waals surface area contributed by atoms with Crippen LogP contribution in [0.25, 0.3) is 0 Å². The highest BCUT2D eigenvalue weighted by atomic mass is 35.5. The summed E-state index contributed by atoms with van der Waals surface area (Å²) in [4.78, 5) is 89.6. The van der Waals surface area contributed by atoms with E-state index in [0.717, 1.165) is 0 Å². The molecule has 6 amide bonds. The van der Waals surface area contributed by atoms with Crippen molar-refractivity contribution in [2.24, 2.45) is 5.92 Å². The van der Waals surface area contributed by atoms with E-state index < -0.39 is 83.5 Å². The Bertz CT molecular complexity index is 1710. The van der Waals surface area contributed by atoms with Crippen LogP contribution in [0.1, 0.15) is 77.7 Å². The number of anilines is 1. The Morgan fingerprint density at radius 1 is 0.778 bits per heavy atom. The van der Waals surface area contributed by atoms with Crippen molar-refractivity contribution in [3.63, 3.8) is 0 Å². The second kappa shape index (κ2) is 14.9. The quantitative estimate of drug-likeness (QED) is 0.232. The maximum atomic E-state index is 15.0. The number of likely N-dealkylation sites (N-methyl/N-ethyl adjacent to an activating group) is 1. The molecule has 0 unspecified atom stereocenters. The molecule has 0 spiro atoms. The van der Waals surface area contributed by atoms with Gasteiger partial charge in [-0.25, -0.2) is 16.3 Å². The molecule has 1 aromatic carbocycles. The molecule has 294 valence electrons. The number of fused-ring (bicyclic) bond motifs is 8. The van der Waals surface area contributed by atoms with Gasteiger partial charge in [-0.1, -0.05) is 31.5 Å². The normalized spacial score (nSPS) is 34.0. The van der Waals surface area contributed by atoms with Crippen molar-refractivity contribution < 1.29 is 33.9 Å². The van der Waals surface area contributed by atoms with Crippen molar-refractivity contribution >= 4 is 52.7 Å². The summed E-state index contributed by atoms with van der Waals surface area (Å²) in [7, 11) is 1.50. The molecule has 1 aromatic rings. The second-order valence-electron chi connectivity index (χ2n) is 15.8. The van der Waals surface area contributed by atoms with Crippen LogP contribution in [0.5, 0.6) is 0 Å². The number of aliphatic hydroxyl groups is 1. The molecule has 6 N–H and O–H groups in total. The molecule has 6 aliphatic rings. The largest absolute Gasteiger partial charge is 0.381 e. The van der Waals surface area contributed by atoms with Crippen molar-refractivity contribution in [1.82, 2.24) is 46.4 Å². The number of hydrogen-bond donors (Lipinski definition) is 6. The SMILES string of the molecule is CC(C)C[C@H]1NC(=O)[C@H]2C[C@@]3(O)c4ccc(Cl)cc4N[C@H]3N2C(=O)[C@H]2CCCNN2C(=O)[C@H](C)N(C)C(=O)[C@@H]2CCCNN2C(=O)[C@H]2CCCNN2C1=O. The van der Waals surface area contributed by atoms with Crippen LogP contribution < -0.4 is 26.9 Å². The highest BCUT2D eigenvalue weighted by molar-refractivity contribution is 6.31. The Labute approximate surface area is 319 Å². The first-order chi connectivity index (χ1) is 25.7. The third kappa shape index (κ3) is 6.56. The van der Waals surface area contributed by atoms with Crippen LogP contribution >= 0.6 is 11.6 Å². The number of halogens is 1. The summed E-state index contributed by atoms with van der Waals surface area (Å²) in [6, 6.07) is -1.50.